The molecule has 6 nitrogen and oxygen atoms in total. The predicted molar refractivity (Wildman–Crippen MR) is 134 cm³/mol. The van der Waals surface area contributed by atoms with E-state index in [2.05, 4.69) is 24.4 Å². The first-order valence-corrected chi connectivity index (χ1v) is 13.0. The first-order chi connectivity index (χ1) is 16.4. The Hall–Kier alpha value is -3.16. The lowest BCUT2D eigenvalue weighted by atomic mass is 10.0. The zero-order chi connectivity index (χ0) is 24.0. The van der Waals surface area contributed by atoms with Crippen LogP contribution in [-0.2, 0) is 16.4 Å². The molecule has 3 aromatic carbocycles. The van der Waals surface area contributed by atoms with E-state index in [9.17, 15) is 13.2 Å². The van der Waals surface area contributed by atoms with Gasteiger partial charge < -0.3 is 10.1 Å². The SMILES string of the molecule is CC1CCN(S(=O)(=O)c2ccc(NC(=O)c3ccc(OCCc4ccccc4)cc3)cc2)CC1. The van der Waals surface area contributed by atoms with Gasteiger partial charge >= 0.3 is 0 Å². The monoisotopic (exact) mass is 478 g/mol. The predicted octanol–water partition coefficient (Wildman–Crippen LogP) is 4.98. The van der Waals surface area contributed by atoms with E-state index in [-0.39, 0.29) is 10.8 Å². The number of carbonyl (C=O) groups excluding carboxylic acids is 1. The van der Waals surface area contributed by atoms with Gasteiger partial charge in [-0.25, -0.2) is 8.42 Å². The number of piperidine rings is 1. The molecule has 1 heterocycles. The maximum absolute atomic E-state index is 12.9. The van der Waals surface area contributed by atoms with Gasteiger partial charge in [-0.3, -0.25) is 4.79 Å². The van der Waals surface area contributed by atoms with E-state index in [1.54, 1.807) is 52.8 Å². The average Bonchev–Trinajstić information content (AvgIpc) is 2.86. The Morgan fingerprint density at radius 3 is 2.24 bits per heavy atom. The highest BCUT2D eigenvalue weighted by Gasteiger charge is 2.27. The summed E-state index contributed by atoms with van der Waals surface area (Å²) in [7, 11) is -3.51. The molecule has 0 saturated carbocycles. The molecule has 0 spiro atoms. The highest BCUT2D eigenvalue weighted by Crippen LogP contribution is 2.24. The van der Waals surface area contributed by atoms with Gasteiger partial charge in [0.2, 0.25) is 10.0 Å². The molecule has 178 valence electrons. The average molecular weight is 479 g/mol. The van der Waals surface area contributed by atoms with E-state index in [1.165, 1.54) is 5.56 Å². The van der Waals surface area contributed by atoms with Crippen LogP contribution in [0.4, 0.5) is 5.69 Å². The molecule has 0 unspecified atom stereocenters. The maximum Gasteiger partial charge on any atom is 0.255 e. The van der Waals surface area contributed by atoms with Crippen molar-refractivity contribution in [1.82, 2.24) is 4.31 Å². The summed E-state index contributed by atoms with van der Waals surface area (Å²) in [6.45, 7) is 3.80. The summed E-state index contributed by atoms with van der Waals surface area (Å²) in [5.74, 6) is 0.990. The van der Waals surface area contributed by atoms with E-state index < -0.39 is 10.0 Å². The fraction of sp³-hybridized carbons (Fsp3) is 0.296. The summed E-state index contributed by atoms with van der Waals surface area (Å²) in [5, 5.41) is 2.82. The second-order valence-electron chi connectivity index (χ2n) is 8.67. The van der Waals surface area contributed by atoms with Gasteiger partial charge in [0.05, 0.1) is 11.5 Å². The number of carbonyl (C=O) groups is 1. The molecule has 0 bridgehead atoms. The summed E-state index contributed by atoms with van der Waals surface area (Å²) in [4.78, 5) is 12.9. The van der Waals surface area contributed by atoms with Crippen LogP contribution in [-0.4, -0.2) is 38.3 Å². The van der Waals surface area contributed by atoms with Crippen LogP contribution in [0.1, 0.15) is 35.7 Å². The van der Waals surface area contributed by atoms with Crippen molar-refractivity contribution in [3.8, 4) is 5.75 Å². The lowest BCUT2D eigenvalue weighted by Crippen LogP contribution is -2.37. The normalized spacial score (nSPS) is 15.1. The minimum Gasteiger partial charge on any atom is -0.493 e. The molecule has 0 aliphatic carbocycles. The number of amides is 1. The molecule has 3 aromatic rings. The molecule has 1 fully saturated rings. The molecule has 0 atom stereocenters. The standard InChI is InChI=1S/C27H30N2O4S/c1-21-15-18-29(19-16-21)34(31,32)26-13-9-24(10-14-26)28-27(30)23-7-11-25(12-8-23)33-20-17-22-5-3-2-4-6-22/h2-14,21H,15-20H2,1H3,(H,28,30). The van der Waals surface area contributed by atoms with Crippen molar-refractivity contribution in [2.75, 3.05) is 25.0 Å². The van der Waals surface area contributed by atoms with Crippen molar-refractivity contribution in [2.24, 2.45) is 5.92 Å². The smallest absolute Gasteiger partial charge is 0.255 e. The molecule has 1 aliphatic heterocycles. The molecule has 0 radical (unpaired) electrons. The number of benzene rings is 3. The fourth-order valence-electron chi connectivity index (χ4n) is 3.92. The molecule has 34 heavy (non-hydrogen) atoms. The van der Waals surface area contributed by atoms with Gasteiger partial charge in [-0.05, 0) is 72.9 Å². The first kappa shape index (κ1) is 24.0. The van der Waals surface area contributed by atoms with E-state index >= 15 is 0 Å². The van der Waals surface area contributed by atoms with Gasteiger partial charge in [-0.15, -0.1) is 0 Å². The third-order valence-corrected chi connectivity index (χ3v) is 8.02. The molecule has 1 aliphatic rings. The number of hydrogen-bond acceptors (Lipinski definition) is 4. The number of rotatable bonds is 8. The highest BCUT2D eigenvalue weighted by molar-refractivity contribution is 7.89. The maximum atomic E-state index is 12.9. The van der Waals surface area contributed by atoms with Crippen LogP contribution >= 0.6 is 0 Å². The molecule has 1 saturated heterocycles. The Balaban J connectivity index is 1.31. The van der Waals surface area contributed by atoms with Gasteiger partial charge in [-0.2, -0.15) is 4.31 Å². The number of nitrogens with one attached hydrogen (secondary N) is 1. The van der Waals surface area contributed by atoms with Crippen LogP contribution in [0, 0.1) is 5.92 Å². The van der Waals surface area contributed by atoms with Gasteiger partial charge in [0.25, 0.3) is 5.91 Å². The highest BCUT2D eigenvalue weighted by atomic mass is 32.2. The van der Waals surface area contributed by atoms with E-state index in [4.69, 9.17) is 4.74 Å². The third kappa shape index (κ3) is 6.04. The van der Waals surface area contributed by atoms with Gasteiger partial charge in [0.15, 0.2) is 0 Å². The van der Waals surface area contributed by atoms with Gasteiger partial charge in [0.1, 0.15) is 5.75 Å². The van der Waals surface area contributed by atoms with Gasteiger partial charge in [0, 0.05) is 30.8 Å². The number of ether oxygens (including phenoxy) is 1. The van der Waals surface area contributed by atoms with Crippen LogP contribution in [0.15, 0.2) is 83.8 Å². The van der Waals surface area contributed by atoms with E-state index in [0.29, 0.717) is 42.6 Å². The third-order valence-electron chi connectivity index (χ3n) is 6.11. The molecule has 1 amide bonds. The minimum atomic E-state index is -3.51. The molecule has 4 rings (SSSR count). The Morgan fingerprint density at radius 2 is 1.59 bits per heavy atom. The Bertz CT molecular complexity index is 1190. The topological polar surface area (TPSA) is 75.7 Å². The van der Waals surface area contributed by atoms with Crippen LogP contribution in [0.5, 0.6) is 5.75 Å². The summed E-state index contributed by atoms with van der Waals surface area (Å²) in [6, 6.07) is 23.4. The first-order valence-electron chi connectivity index (χ1n) is 11.6. The van der Waals surface area contributed by atoms with Crippen LogP contribution in [0.25, 0.3) is 0 Å². The van der Waals surface area contributed by atoms with Gasteiger partial charge in [-0.1, -0.05) is 37.3 Å². The lowest BCUT2D eigenvalue weighted by molar-refractivity contribution is 0.102. The minimum absolute atomic E-state index is 0.247. The summed E-state index contributed by atoms with van der Waals surface area (Å²) in [6.07, 6.45) is 2.57. The zero-order valence-corrected chi connectivity index (χ0v) is 20.1. The van der Waals surface area contributed by atoms with Crippen LogP contribution in [0.2, 0.25) is 0 Å². The number of hydrogen-bond donors (Lipinski definition) is 1. The van der Waals surface area contributed by atoms with E-state index in [1.807, 2.05) is 18.2 Å². The van der Waals surface area contributed by atoms with Crippen molar-refractivity contribution < 1.29 is 17.9 Å². The molecular formula is C27H30N2O4S. The lowest BCUT2D eigenvalue weighted by Gasteiger charge is -2.29. The Kier molecular flexibility index (Phi) is 7.65. The Morgan fingerprint density at radius 1 is 0.941 bits per heavy atom. The zero-order valence-electron chi connectivity index (χ0n) is 19.3. The summed E-state index contributed by atoms with van der Waals surface area (Å²) in [5.41, 5.74) is 2.25. The molecule has 7 heteroatoms. The van der Waals surface area contributed by atoms with Crippen molar-refractivity contribution in [3.05, 3.63) is 90.0 Å². The fourth-order valence-corrected chi connectivity index (χ4v) is 5.39. The van der Waals surface area contributed by atoms with Crippen molar-refractivity contribution in [2.45, 2.75) is 31.1 Å². The number of sulfonamides is 1. The summed E-state index contributed by atoms with van der Waals surface area (Å²) >= 11 is 0. The van der Waals surface area contributed by atoms with Crippen LogP contribution < -0.4 is 10.1 Å². The second-order valence-corrected chi connectivity index (χ2v) is 10.6. The number of anilines is 1. The van der Waals surface area contributed by atoms with Crippen molar-refractivity contribution >= 4 is 21.6 Å². The largest absolute Gasteiger partial charge is 0.493 e. The number of nitrogens with zero attached hydrogens (tertiary/aromatic N) is 1. The van der Waals surface area contributed by atoms with E-state index in [0.717, 1.165) is 19.3 Å². The molecular weight excluding hydrogens is 448 g/mol. The second kappa shape index (κ2) is 10.8. The Labute approximate surface area is 201 Å². The molecule has 1 N–H and O–H groups in total. The van der Waals surface area contributed by atoms with Crippen molar-refractivity contribution in [1.29, 1.82) is 0 Å². The summed E-state index contributed by atoms with van der Waals surface area (Å²) < 4.78 is 33.0. The van der Waals surface area contributed by atoms with Crippen molar-refractivity contribution in [3.63, 3.8) is 0 Å². The molecule has 0 aromatic heterocycles. The van der Waals surface area contributed by atoms with Crippen LogP contribution in [0.3, 0.4) is 0 Å². The quantitative estimate of drug-likeness (QED) is 0.495.